The van der Waals surface area contributed by atoms with Crippen LogP contribution in [0.4, 0.5) is 0 Å². The minimum Gasteiger partial charge on any atom is -0.390 e. The molecule has 16 heavy (non-hydrogen) atoms. The highest BCUT2D eigenvalue weighted by Gasteiger charge is 2.18. The van der Waals surface area contributed by atoms with Crippen molar-refractivity contribution in [2.45, 2.75) is 32.5 Å². The molecule has 0 aromatic carbocycles. The summed E-state index contributed by atoms with van der Waals surface area (Å²) in [4.78, 5) is 11.7. The van der Waals surface area contributed by atoms with Crippen LogP contribution in [0.1, 0.15) is 29.9 Å². The van der Waals surface area contributed by atoms with Crippen molar-refractivity contribution >= 4 is 17.2 Å². The fraction of sp³-hybridized carbons (Fsp3) is 0.545. The monoisotopic (exact) mass is 243 g/mol. The van der Waals surface area contributed by atoms with Gasteiger partial charge in [-0.1, -0.05) is 0 Å². The highest BCUT2D eigenvalue weighted by atomic mass is 32.1. The molecule has 0 bridgehead atoms. The molecule has 0 aliphatic carbocycles. The molecule has 1 heterocycles. The summed E-state index contributed by atoms with van der Waals surface area (Å²) >= 11 is 1.54. The predicted molar refractivity (Wildman–Crippen MR) is 63.3 cm³/mol. The van der Waals surface area contributed by atoms with Crippen molar-refractivity contribution in [1.29, 1.82) is 0 Å². The number of nitrogens with one attached hydrogen (secondary N) is 1. The Hall–Kier alpha value is -0.910. The van der Waals surface area contributed by atoms with Crippen LogP contribution in [0.25, 0.3) is 0 Å². The van der Waals surface area contributed by atoms with E-state index in [4.69, 9.17) is 0 Å². The van der Waals surface area contributed by atoms with Gasteiger partial charge in [0.1, 0.15) is 6.10 Å². The number of hydrogen-bond donors (Lipinski definition) is 3. The van der Waals surface area contributed by atoms with Crippen molar-refractivity contribution < 1.29 is 15.0 Å². The molecule has 5 heteroatoms. The Morgan fingerprint density at radius 1 is 1.56 bits per heavy atom. The van der Waals surface area contributed by atoms with Gasteiger partial charge in [-0.3, -0.25) is 4.79 Å². The Morgan fingerprint density at radius 2 is 2.25 bits per heavy atom. The molecule has 1 amide bonds. The Morgan fingerprint density at radius 3 is 2.75 bits per heavy atom. The molecule has 1 aromatic rings. The lowest BCUT2D eigenvalue weighted by molar-refractivity contribution is -0.119. The van der Waals surface area contributed by atoms with Gasteiger partial charge >= 0.3 is 0 Å². The molecular weight excluding hydrogens is 226 g/mol. The summed E-state index contributed by atoms with van der Waals surface area (Å²) in [5, 5.41) is 23.9. The van der Waals surface area contributed by atoms with Gasteiger partial charge in [-0.05, 0) is 30.4 Å². The largest absolute Gasteiger partial charge is 0.390 e. The number of aryl methyl sites for hydroxylation is 1. The van der Waals surface area contributed by atoms with Crippen LogP contribution >= 0.6 is 11.3 Å². The SMILES string of the molecule is CC(=O)NCCC(O)C(O)c1csc(C)c1. The third kappa shape index (κ3) is 3.92. The van der Waals surface area contributed by atoms with E-state index in [0.29, 0.717) is 13.0 Å². The molecule has 3 N–H and O–H groups in total. The zero-order valence-corrected chi connectivity index (χ0v) is 10.3. The third-order valence-corrected chi connectivity index (χ3v) is 3.15. The fourth-order valence-electron chi connectivity index (χ4n) is 1.39. The van der Waals surface area contributed by atoms with E-state index in [1.165, 1.54) is 18.3 Å². The lowest BCUT2D eigenvalue weighted by Crippen LogP contribution is -2.27. The molecule has 1 rings (SSSR count). The minimum absolute atomic E-state index is 0.131. The van der Waals surface area contributed by atoms with Gasteiger partial charge in [0.05, 0.1) is 6.10 Å². The zero-order valence-electron chi connectivity index (χ0n) is 9.43. The third-order valence-electron chi connectivity index (χ3n) is 2.27. The van der Waals surface area contributed by atoms with Gasteiger partial charge in [-0.25, -0.2) is 0 Å². The summed E-state index contributed by atoms with van der Waals surface area (Å²) in [5.41, 5.74) is 0.734. The Kier molecular flexibility index (Phi) is 4.92. The number of aliphatic hydroxyl groups is 2. The molecule has 2 atom stereocenters. The molecule has 0 spiro atoms. The summed E-state index contributed by atoms with van der Waals surface area (Å²) in [6.07, 6.45) is -1.38. The normalized spacial score (nSPS) is 14.5. The summed E-state index contributed by atoms with van der Waals surface area (Å²) in [6, 6.07) is 1.86. The number of carbonyl (C=O) groups excluding carboxylic acids is 1. The van der Waals surface area contributed by atoms with Crippen LogP contribution in [0, 0.1) is 6.92 Å². The van der Waals surface area contributed by atoms with E-state index in [0.717, 1.165) is 10.4 Å². The van der Waals surface area contributed by atoms with E-state index >= 15 is 0 Å². The number of amides is 1. The van der Waals surface area contributed by atoms with Crippen LogP contribution in [-0.2, 0) is 4.79 Å². The second-order valence-electron chi connectivity index (χ2n) is 3.77. The van der Waals surface area contributed by atoms with Crippen molar-refractivity contribution in [3.63, 3.8) is 0 Å². The van der Waals surface area contributed by atoms with Crippen molar-refractivity contribution in [3.05, 3.63) is 21.9 Å². The quantitative estimate of drug-likeness (QED) is 0.722. The fourth-order valence-corrected chi connectivity index (χ4v) is 2.13. The maximum atomic E-state index is 10.6. The molecule has 0 saturated carbocycles. The number of thiophene rings is 1. The van der Waals surface area contributed by atoms with Crippen LogP contribution in [0.2, 0.25) is 0 Å². The molecule has 0 aliphatic heterocycles. The topological polar surface area (TPSA) is 69.6 Å². The Balaban J connectivity index is 2.41. The average Bonchev–Trinajstić information content (AvgIpc) is 2.63. The zero-order chi connectivity index (χ0) is 12.1. The average molecular weight is 243 g/mol. The first-order valence-electron chi connectivity index (χ1n) is 5.16. The number of carbonyl (C=O) groups is 1. The van der Waals surface area contributed by atoms with E-state index in [2.05, 4.69) is 5.32 Å². The summed E-state index contributed by atoms with van der Waals surface area (Å²) in [6.45, 7) is 3.74. The van der Waals surface area contributed by atoms with E-state index in [-0.39, 0.29) is 5.91 Å². The molecule has 4 nitrogen and oxygen atoms in total. The first kappa shape index (κ1) is 13.2. The number of rotatable bonds is 5. The van der Waals surface area contributed by atoms with Gasteiger partial charge in [0.15, 0.2) is 0 Å². The molecule has 90 valence electrons. The molecular formula is C11H17NO3S. The molecule has 0 aliphatic rings. The van der Waals surface area contributed by atoms with E-state index < -0.39 is 12.2 Å². The maximum absolute atomic E-state index is 10.6. The molecule has 2 unspecified atom stereocenters. The summed E-state index contributed by atoms with van der Waals surface area (Å²) < 4.78 is 0. The van der Waals surface area contributed by atoms with Crippen LogP contribution in [0.5, 0.6) is 0 Å². The van der Waals surface area contributed by atoms with Gasteiger partial charge < -0.3 is 15.5 Å². The first-order chi connectivity index (χ1) is 7.50. The van der Waals surface area contributed by atoms with Crippen LogP contribution in [-0.4, -0.2) is 28.8 Å². The lowest BCUT2D eigenvalue weighted by Gasteiger charge is -2.16. The van der Waals surface area contributed by atoms with E-state index in [1.807, 2.05) is 18.4 Å². The summed E-state index contributed by atoms with van der Waals surface area (Å²) in [5.74, 6) is -0.131. The van der Waals surface area contributed by atoms with Gasteiger partial charge in [0.25, 0.3) is 0 Å². The highest BCUT2D eigenvalue weighted by Crippen LogP contribution is 2.23. The number of hydrogen-bond acceptors (Lipinski definition) is 4. The van der Waals surface area contributed by atoms with Crippen molar-refractivity contribution in [2.75, 3.05) is 6.54 Å². The van der Waals surface area contributed by atoms with Gasteiger partial charge in [-0.15, -0.1) is 11.3 Å². The van der Waals surface area contributed by atoms with Crippen molar-refractivity contribution in [2.24, 2.45) is 0 Å². The summed E-state index contributed by atoms with van der Waals surface area (Å²) in [7, 11) is 0. The first-order valence-corrected chi connectivity index (χ1v) is 6.04. The molecule has 1 aromatic heterocycles. The van der Waals surface area contributed by atoms with Gasteiger partial charge in [-0.2, -0.15) is 0 Å². The lowest BCUT2D eigenvalue weighted by atomic mass is 10.0. The maximum Gasteiger partial charge on any atom is 0.216 e. The highest BCUT2D eigenvalue weighted by molar-refractivity contribution is 7.10. The second kappa shape index (κ2) is 5.98. The second-order valence-corrected chi connectivity index (χ2v) is 4.89. The Bertz CT molecular complexity index is 351. The van der Waals surface area contributed by atoms with E-state index in [9.17, 15) is 15.0 Å². The predicted octanol–water partition coefficient (Wildman–Crippen LogP) is 0.977. The van der Waals surface area contributed by atoms with E-state index in [1.54, 1.807) is 0 Å². The van der Waals surface area contributed by atoms with Gasteiger partial charge in [0.2, 0.25) is 5.91 Å². The van der Waals surface area contributed by atoms with Crippen molar-refractivity contribution in [1.82, 2.24) is 5.32 Å². The Labute approximate surface area is 98.9 Å². The molecule has 0 fully saturated rings. The number of aliphatic hydroxyl groups excluding tert-OH is 2. The molecule has 0 radical (unpaired) electrons. The standard InChI is InChI=1S/C11H17NO3S/c1-7-5-9(6-16-7)11(15)10(14)3-4-12-8(2)13/h5-6,10-11,14-15H,3-4H2,1-2H3,(H,12,13). The van der Waals surface area contributed by atoms with Crippen LogP contribution in [0.15, 0.2) is 11.4 Å². The smallest absolute Gasteiger partial charge is 0.216 e. The van der Waals surface area contributed by atoms with Crippen molar-refractivity contribution in [3.8, 4) is 0 Å². The minimum atomic E-state index is -0.876. The van der Waals surface area contributed by atoms with Crippen LogP contribution in [0.3, 0.4) is 0 Å². The van der Waals surface area contributed by atoms with Gasteiger partial charge in [0, 0.05) is 18.3 Å². The van der Waals surface area contributed by atoms with Crippen LogP contribution < -0.4 is 5.32 Å². The molecule has 0 saturated heterocycles.